The Labute approximate surface area is 136 Å². The van der Waals surface area contributed by atoms with Crippen LogP contribution in [0.1, 0.15) is 6.42 Å². The number of amides is 1. The van der Waals surface area contributed by atoms with E-state index >= 15 is 0 Å². The molecule has 20 heavy (non-hydrogen) atoms. The molecule has 114 valence electrons. The van der Waals surface area contributed by atoms with E-state index in [1.54, 1.807) is 6.07 Å². The Bertz CT molecular complexity index is 558. The van der Waals surface area contributed by atoms with Crippen molar-refractivity contribution in [3.63, 3.8) is 0 Å². The van der Waals surface area contributed by atoms with Crippen LogP contribution in [0.25, 0.3) is 0 Å². The maximum Gasteiger partial charge on any atom is 0.250 e. The fourth-order valence-electron chi connectivity index (χ4n) is 1.73. The molecule has 2 rings (SSSR count). The van der Waals surface area contributed by atoms with Gasteiger partial charge in [-0.3, -0.25) is 4.79 Å². The zero-order chi connectivity index (χ0) is 13.9. The molecule has 1 aromatic rings. The summed E-state index contributed by atoms with van der Waals surface area (Å²) in [5.41, 5.74) is 0. The van der Waals surface area contributed by atoms with E-state index in [-0.39, 0.29) is 35.1 Å². The summed E-state index contributed by atoms with van der Waals surface area (Å²) < 4.78 is 27.0. The average Bonchev–Trinajstić information content (AvgIpc) is 2.98. The molecule has 10 heteroatoms. The Kier molecular flexibility index (Phi) is 6.89. The van der Waals surface area contributed by atoms with Crippen molar-refractivity contribution in [1.29, 1.82) is 0 Å². The predicted octanol–water partition coefficient (Wildman–Crippen LogP) is 0.689. The highest BCUT2D eigenvalue weighted by Gasteiger charge is 2.20. The molecule has 1 atom stereocenters. The first-order chi connectivity index (χ1) is 8.97. The second-order valence-electron chi connectivity index (χ2n) is 4.14. The highest BCUT2D eigenvalue weighted by atomic mass is 79.9. The fourth-order valence-corrected chi connectivity index (χ4v) is 4.77. The van der Waals surface area contributed by atoms with Gasteiger partial charge in [-0.2, -0.15) is 0 Å². The highest BCUT2D eigenvalue weighted by molar-refractivity contribution is 9.11. The van der Waals surface area contributed by atoms with Crippen LogP contribution in [-0.4, -0.2) is 40.0 Å². The van der Waals surface area contributed by atoms with Gasteiger partial charge in [-0.25, -0.2) is 13.1 Å². The summed E-state index contributed by atoms with van der Waals surface area (Å²) in [6.07, 6.45) is 0.871. The first kappa shape index (κ1) is 17.9. The Hall–Kier alpha value is -0.190. The smallest absolute Gasteiger partial charge is 0.250 e. The molecule has 1 amide bonds. The number of sulfonamides is 1. The van der Waals surface area contributed by atoms with Gasteiger partial charge in [-0.05, 0) is 41.0 Å². The molecule has 2 heterocycles. The number of carbonyl (C=O) groups is 1. The lowest BCUT2D eigenvalue weighted by molar-refractivity contribution is -0.120. The molecule has 6 nitrogen and oxygen atoms in total. The topological polar surface area (TPSA) is 87.3 Å². The Balaban J connectivity index is 0.00000200. The van der Waals surface area contributed by atoms with Crippen LogP contribution in [0.5, 0.6) is 0 Å². The van der Waals surface area contributed by atoms with E-state index in [2.05, 4.69) is 31.3 Å². The van der Waals surface area contributed by atoms with Crippen molar-refractivity contribution in [2.75, 3.05) is 19.6 Å². The molecule has 0 aromatic carbocycles. The minimum Gasteiger partial charge on any atom is -0.351 e. The van der Waals surface area contributed by atoms with Crippen molar-refractivity contribution >= 4 is 55.6 Å². The summed E-state index contributed by atoms with van der Waals surface area (Å²) in [6, 6.07) is 3.24. The molecule has 1 saturated heterocycles. The van der Waals surface area contributed by atoms with Gasteiger partial charge < -0.3 is 10.6 Å². The number of hydrogen-bond donors (Lipinski definition) is 3. The summed E-state index contributed by atoms with van der Waals surface area (Å²) in [4.78, 5) is 11.6. The van der Waals surface area contributed by atoms with Crippen LogP contribution in [0.15, 0.2) is 20.1 Å². The lowest BCUT2D eigenvalue weighted by Gasteiger charge is -2.11. The maximum atomic E-state index is 11.9. The number of halogens is 2. The predicted molar refractivity (Wildman–Crippen MR) is 83.9 cm³/mol. The fraction of sp³-hybridized carbons (Fsp3) is 0.500. The average molecular weight is 405 g/mol. The van der Waals surface area contributed by atoms with E-state index in [0.717, 1.165) is 34.6 Å². The molecule has 0 spiro atoms. The van der Waals surface area contributed by atoms with Gasteiger partial charge in [0.1, 0.15) is 4.21 Å². The van der Waals surface area contributed by atoms with E-state index in [1.165, 1.54) is 6.07 Å². The summed E-state index contributed by atoms with van der Waals surface area (Å²) >= 11 is 4.31. The second kappa shape index (κ2) is 7.71. The van der Waals surface area contributed by atoms with Crippen molar-refractivity contribution in [2.24, 2.45) is 0 Å². The van der Waals surface area contributed by atoms with E-state index in [1.807, 2.05) is 0 Å². The zero-order valence-electron chi connectivity index (χ0n) is 10.4. The minimum absolute atomic E-state index is 0. The monoisotopic (exact) mass is 403 g/mol. The maximum absolute atomic E-state index is 11.9. The third-order valence-corrected chi connectivity index (χ3v) is 6.18. The Morgan fingerprint density at radius 2 is 2.25 bits per heavy atom. The number of carbonyl (C=O) groups excluding carboxylic acids is 1. The number of nitrogens with one attached hydrogen (secondary N) is 3. The molecule has 0 saturated carbocycles. The number of thiophene rings is 1. The molecule has 0 bridgehead atoms. The third-order valence-electron chi connectivity index (χ3n) is 2.66. The van der Waals surface area contributed by atoms with Crippen LogP contribution in [0.2, 0.25) is 0 Å². The lowest BCUT2D eigenvalue weighted by atomic mass is 10.2. The van der Waals surface area contributed by atoms with E-state index in [9.17, 15) is 13.2 Å². The molecule has 1 aliphatic heterocycles. The second-order valence-corrected chi connectivity index (χ2v) is 8.60. The molecule has 0 aliphatic carbocycles. The first-order valence-electron chi connectivity index (χ1n) is 5.72. The SMILES string of the molecule is Cl.O=C(CNS(=O)(=O)c1ccc(Br)s1)NC1CCNC1. The molecule has 3 N–H and O–H groups in total. The summed E-state index contributed by atoms with van der Waals surface area (Å²) in [6.45, 7) is 1.37. The van der Waals surface area contributed by atoms with Crippen LogP contribution in [0.3, 0.4) is 0 Å². The molecule has 1 unspecified atom stereocenters. The standard InChI is InChI=1S/C10H14BrN3O3S2.ClH/c11-8-1-2-10(18-8)19(16,17)13-6-9(15)14-7-3-4-12-5-7;/h1-2,7,12-13H,3-6H2,(H,14,15);1H. The summed E-state index contributed by atoms with van der Waals surface area (Å²) in [5.74, 6) is -0.312. The number of hydrogen-bond acceptors (Lipinski definition) is 5. The van der Waals surface area contributed by atoms with Crippen LogP contribution in [-0.2, 0) is 14.8 Å². The quantitative estimate of drug-likeness (QED) is 0.674. The van der Waals surface area contributed by atoms with Gasteiger partial charge in [-0.15, -0.1) is 23.7 Å². The van der Waals surface area contributed by atoms with Gasteiger partial charge in [0.05, 0.1) is 10.3 Å². The first-order valence-corrected chi connectivity index (χ1v) is 8.82. The minimum atomic E-state index is -3.61. The number of rotatable bonds is 5. The van der Waals surface area contributed by atoms with Crippen molar-refractivity contribution in [2.45, 2.75) is 16.7 Å². The summed E-state index contributed by atoms with van der Waals surface area (Å²) in [7, 11) is -3.61. The molecular weight excluding hydrogens is 390 g/mol. The van der Waals surface area contributed by atoms with Gasteiger partial charge in [-0.1, -0.05) is 0 Å². The van der Waals surface area contributed by atoms with Crippen molar-refractivity contribution in [3.8, 4) is 0 Å². The van der Waals surface area contributed by atoms with E-state index in [4.69, 9.17) is 0 Å². The van der Waals surface area contributed by atoms with Crippen LogP contribution in [0.4, 0.5) is 0 Å². The highest BCUT2D eigenvalue weighted by Crippen LogP contribution is 2.25. The van der Waals surface area contributed by atoms with Gasteiger partial charge >= 0.3 is 0 Å². The van der Waals surface area contributed by atoms with Gasteiger partial charge in [0.2, 0.25) is 5.91 Å². The molecule has 0 radical (unpaired) electrons. The van der Waals surface area contributed by atoms with E-state index < -0.39 is 10.0 Å². The molecule has 1 aromatic heterocycles. The van der Waals surface area contributed by atoms with Gasteiger partial charge in [0.15, 0.2) is 0 Å². The molecule has 1 fully saturated rings. The van der Waals surface area contributed by atoms with Gasteiger partial charge in [0.25, 0.3) is 10.0 Å². The van der Waals surface area contributed by atoms with Crippen LogP contribution >= 0.6 is 39.7 Å². The third kappa shape index (κ3) is 4.97. The van der Waals surface area contributed by atoms with E-state index in [0.29, 0.717) is 0 Å². The van der Waals surface area contributed by atoms with Crippen LogP contribution < -0.4 is 15.4 Å². The van der Waals surface area contributed by atoms with Crippen LogP contribution in [0, 0.1) is 0 Å². The summed E-state index contributed by atoms with van der Waals surface area (Å²) in [5, 5.41) is 5.90. The Morgan fingerprint density at radius 3 is 2.80 bits per heavy atom. The van der Waals surface area contributed by atoms with Gasteiger partial charge in [0, 0.05) is 12.6 Å². The zero-order valence-corrected chi connectivity index (χ0v) is 14.4. The largest absolute Gasteiger partial charge is 0.351 e. The van der Waals surface area contributed by atoms with Crippen molar-refractivity contribution in [3.05, 3.63) is 15.9 Å². The Morgan fingerprint density at radius 1 is 1.50 bits per heavy atom. The van der Waals surface area contributed by atoms with Crippen molar-refractivity contribution < 1.29 is 13.2 Å². The molecule has 1 aliphatic rings. The lowest BCUT2D eigenvalue weighted by Crippen LogP contribution is -2.42. The molecular formula is C10H15BrClN3O3S2. The van der Waals surface area contributed by atoms with Crippen molar-refractivity contribution in [1.82, 2.24) is 15.4 Å². The normalized spacial score (nSPS) is 18.6.